The van der Waals surface area contributed by atoms with Gasteiger partial charge in [0.25, 0.3) is 0 Å². The summed E-state index contributed by atoms with van der Waals surface area (Å²) in [7, 11) is 0. The Hall–Kier alpha value is -3.29. The number of nitrogens with zero attached hydrogens (tertiary/aromatic N) is 5. The van der Waals surface area contributed by atoms with E-state index in [4.69, 9.17) is 5.11 Å². The first-order valence-electron chi connectivity index (χ1n) is 7.68. The van der Waals surface area contributed by atoms with Gasteiger partial charge in [0.2, 0.25) is 0 Å². The van der Waals surface area contributed by atoms with E-state index >= 15 is 0 Å². The van der Waals surface area contributed by atoms with Gasteiger partial charge in [0, 0.05) is 18.3 Å². The number of carboxylic acids is 1. The number of halogens is 1. The van der Waals surface area contributed by atoms with Gasteiger partial charge in [0.15, 0.2) is 5.69 Å². The lowest BCUT2D eigenvalue weighted by Crippen LogP contribution is -2.19. The predicted octanol–water partition coefficient (Wildman–Crippen LogP) is 2.08. The molecule has 3 aromatic rings. The minimum atomic E-state index is -1.10. The molecule has 0 unspecified atom stereocenters. The SMILES string of the molecule is O=C(O)c1cncc(N2Cc3cn(Cc4ccc(F)cc4)nc3C2)n1. The summed E-state index contributed by atoms with van der Waals surface area (Å²) in [5, 5.41) is 13.6. The van der Waals surface area contributed by atoms with Crippen LogP contribution in [0.4, 0.5) is 10.2 Å². The summed E-state index contributed by atoms with van der Waals surface area (Å²) in [5.74, 6) is -0.842. The first-order chi connectivity index (χ1) is 12.1. The summed E-state index contributed by atoms with van der Waals surface area (Å²) in [5.41, 5.74) is 2.87. The maximum Gasteiger partial charge on any atom is 0.356 e. The average molecular weight is 339 g/mol. The summed E-state index contributed by atoms with van der Waals surface area (Å²) in [6.45, 7) is 1.71. The molecule has 0 spiro atoms. The molecule has 2 aromatic heterocycles. The topological polar surface area (TPSA) is 84.1 Å². The van der Waals surface area contributed by atoms with Crippen molar-refractivity contribution >= 4 is 11.8 Å². The molecule has 0 amide bonds. The zero-order valence-corrected chi connectivity index (χ0v) is 13.1. The first-order valence-corrected chi connectivity index (χ1v) is 7.68. The molecule has 25 heavy (non-hydrogen) atoms. The molecule has 0 aliphatic carbocycles. The molecule has 1 aliphatic rings. The Morgan fingerprint density at radius 2 is 2.00 bits per heavy atom. The average Bonchev–Trinajstić information content (AvgIpc) is 3.15. The van der Waals surface area contributed by atoms with E-state index in [0.29, 0.717) is 25.5 Å². The van der Waals surface area contributed by atoms with Crippen LogP contribution in [0, 0.1) is 5.82 Å². The number of hydrogen-bond acceptors (Lipinski definition) is 5. The van der Waals surface area contributed by atoms with Gasteiger partial charge in [-0.1, -0.05) is 12.1 Å². The molecule has 7 nitrogen and oxygen atoms in total. The number of aromatic nitrogens is 4. The van der Waals surface area contributed by atoms with Crippen LogP contribution in [-0.2, 0) is 19.6 Å². The summed E-state index contributed by atoms with van der Waals surface area (Å²) in [6, 6.07) is 6.34. The van der Waals surface area contributed by atoms with Crippen molar-refractivity contribution in [2.24, 2.45) is 0 Å². The number of hydrogen-bond donors (Lipinski definition) is 1. The highest BCUT2D eigenvalue weighted by Gasteiger charge is 2.24. The molecule has 1 N–H and O–H groups in total. The third-order valence-electron chi connectivity index (χ3n) is 4.05. The second-order valence-corrected chi connectivity index (χ2v) is 5.85. The van der Waals surface area contributed by atoms with Crippen LogP contribution in [-0.4, -0.2) is 30.8 Å². The van der Waals surface area contributed by atoms with Gasteiger partial charge < -0.3 is 10.0 Å². The van der Waals surface area contributed by atoms with Gasteiger partial charge in [-0.2, -0.15) is 5.10 Å². The number of rotatable bonds is 4. The molecule has 4 rings (SSSR count). The smallest absolute Gasteiger partial charge is 0.356 e. The first kappa shape index (κ1) is 15.3. The number of aromatic carboxylic acids is 1. The van der Waals surface area contributed by atoms with Gasteiger partial charge in [-0.25, -0.2) is 14.2 Å². The molecular formula is C17H14FN5O2. The Morgan fingerprint density at radius 1 is 1.20 bits per heavy atom. The predicted molar refractivity (Wildman–Crippen MR) is 86.6 cm³/mol. The van der Waals surface area contributed by atoms with Gasteiger partial charge >= 0.3 is 5.97 Å². The highest BCUT2D eigenvalue weighted by molar-refractivity contribution is 5.85. The van der Waals surface area contributed by atoms with Crippen LogP contribution >= 0.6 is 0 Å². The van der Waals surface area contributed by atoms with Crippen molar-refractivity contribution in [1.82, 2.24) is 19.7 Å². The Morgan fingerprint density at radius 3 is 2.72 bits per heavy atom. The second-order valence-electron chi connectivity index (χ2n) is 5.85. The Bertz CT molecular complexity index is 915. The lowest BCUT2D eigenvalue weighted by atomic mass is 10.2. The fourth-order valence-electron chi connectivity index (χ4n) is 2.84. The quantitative estimate of drug-likeness (QED) is 0.783. The monoisotopic (exact) mass is 339 g/mol. The van der Waals surface area contributed by atoms with E-state index < -0.39 is 5.97 Å². The highest BCUT2D eigenvalue weighted by atomic mass is 19.1. The number of fused-ring (bicyclic) bond motifs is 1. The van der Waals surface area contributed by atoms with E-state index in [-0.39, 0.29) is 11.5 Å². The Kier molecular flexibility index (Phi) is 3.64. The summed E-state index contributed by atoms with van der Waals surface area (Å²) < 4.78 is 14.8. The summed E-state index contributed by atoms with van der Waals surface area (Å²) in [6.07, 6.45) is 4.72. The maximum atomic E-state index is 13.0. The normalized spacial score (nSPS) is 13.1. The second kappa shape index (κ2) is 5.97. The van der Waals surface area contributed by atoms with Crippen molar-refractivity contribution in [3.05, 3.63) is 71.2 Å². The molecule has 1 aliphatic heterocycles. The van der Waals surface area contributed by atoms with Crippen LogP contribution < -0.4 is 4.90 Å². The lowest BCUT2D eigenvalue weighted by molar-refractivity contribution is 0.0690. The standard InChI is InChI=1S/C17H14FN5O2/c18-13-3-1-11(2-4-13)7-23-9-12-8-22(10-15(12)21-23)16-6-19-5-14(20-16)17(24)25/h1-6,9H,7-8,10H2,(H,24,25). The summed E-state index contributed by atoms with van der Waals surface area (Å²) >= 11 is 0. The van der Waals surface area contributed by atoms with Gasteiger partial charge in [0.05, 0.1) is 31.2 Å². The largest absolute Gasteiger partial charge is 0.476 e. The third kappa shape index (κ3) is 3.06. The van der Waals surface area contributed by atoms with Crippen molar-refractivity contribution in [3.63, 3.8) is 0 Å². The van der Waals surface area contributed by atoms with E-state index in [1.807, 2.05) is 15.8 Å². The molecule has 8 heteroatoms. The highest BCUT2D eigenvalue weighted by Crippen LogP contribution is 2.26. The van der Waals surface area contributed by atoms with Crippen LogP contribution in [0.1, 0.15) is 27.3 Å². The van der Waals surface area contributed by atoms with Crippen molar-refractivity contribution in [2.45, 2.75) is 19.6 Å². The fourth-order valence-corrected chi connectivity index (χ4v) is 2.84. The van der Waals surface area contributed by atoms with Gasteiger partial charge in [-0.15, -0.1) is 0 Å². The molecule has 0 atom stereocenters. The molecule has 126 valence electrons. The molecule has 0 bridgehead atoms. The van der Waals surface area contributed by atoms with Crippen LogP contribution in [0.15, 0.2) is 42.9 Å². The van der Waals surface area contributed by atoms with Crippen LogP contribution in [0.3, 0.4) is 0 Å². The number of benzene rings is 1. The zero-order chi connectivity index (χ0) is 17.4. The third-order valence-corrected chi connectivity index (χ3v) is 4.05. The Labute approximate surface area is 142 Å². The molecular weight excluding hydrogens is 325 g/mol. The summed E-state index contributed by atoms with van der Waals surface area (Å²) in [4.78, 5) is 21.0. The number of carbonyl (C=O) groups is 1. The van der Waals surface area contributed by atoms with Gasteiger partial charge in [-0.3, -0.25) is 9.67 Å². The maximum absolute atomic E-state index is 13.0. The molecule has 3 heterocycles. The molecule has 0 saturated heterocycles. The minimum absolute atomic E-state index is 0.0802. The van der Waals surface area contributed by atoms with Crippen LogP contribution in [0.5, 0.6) is 0 Å². The van der Waals surface area contributed by atoms with Crippen molar-refractivity contribution < 1.29 is 14.3 Å². The van der Waals surface area contributed by atoms with E-state index in [2.05, 4.69) is 15.1 Å². The van der Waals surface area contributed by atoms with E-state index in [0.717, 1.165) is 16.8 Å². The van der Waals surface area contributed by atoms with E-state index in [1.54, 1.807) is 18.3 Å². The molecule has 0 fully saturated rings. The van der Waals surface area contributed by atoms with E-state index in [1.165, 1.54) is 18.3 Å². The van der Waals surface area contributed by atoms with Crippen LogP contribution in [0.25, 0.3) is 0 Å². The van der Waals surface area contributed by atoms with Crippen molar-refractivity contribution in [3.8, 4) is 0 Å². The van der Waals surface area contributed by atoms with Gasteiger partial charge in [0.1, 0.15) is 11.6 Å². The van der Waals surface area contributed by atoms with Crippen molar-refractivity contribution in [2.75, 3.05) is 4.90 Å². The number of carboxylic acid groups (broad SMARTS) is 1. The number of anilines is 1. The minimum Gasteiger partial charge on any atom is -0.476 e. The van der Waals surface area contributed by atoms with Gasteiger partial charge in [-0.05, 0) is 17.7 Å². The molecule has 0 saturated carbocycles. The Balaban J connectivity index is 1.49. The van der Waals surface area contributed by atoms with E-state index in [9.17, 15) is 9.18 Å². The lowest BCUT2D eigenvalue weighted by Gasteiger charge is -2.16. The molecule has 1 aromatic carbocycles. The fraction of sp³-hybridized carbons (Fsp3) is 0.176. The van der Waals surface area contributed by atoms with Crippen molar-refractivity contribution in [1.29, 1.82) is 0 Å². The zero-order valence-electron chi connectivity index (χ0n) is 13.1. The van der Waals surface area contributed by atoms with Crippen LogP contribution in [0.2, 0.25) is 0 Å². The molecule has 0 radical (unpaired) electrons.